The normalized spacial score (nSPS) is 10.8. The van der Waals surface area contributed by atoms with Crippen molar-refractivity contribution in [2.75, 3.05) is 5.32 Å². The molecule has 1 amide bonds. The summed E-state index contributed by atoms with van der Waals surface area (Å²) in [7, 11) is 1.77. The van der Waals surface area contributed by atoms with Crippen LogP contribution < -0.4 is 11.1 Å². The van der Waals surface area contributed by atoms with Gasteiger partial charge in [0, 0.05) is 19.4 Å². The first kappa shape index (κ1) is 12.2. The molecule has 0 aliphatic heterocycles. The number of nitrogens with zero attached hydrogens (tertiary/aromatic N) is 3. The maximum atomic E-state index is 12.0. The number of para-hydroxylation sites is 2. The van der Waals surface area contributed by atoms with Crippen LogP contribution in [0.15, 0.2) is 45.9 Å². The van der Waals surface area contributed by atoms with Crippen LogP contribution in [0, 0.1) is 0 Å². The van der Waals surface area contributed by atoms with Gasteiger partial charge in [-0.05, 0) is 12.1 Å². The highest BCUT2D eigenvalue weighted by molar-refractivity contribution is 5.89. The molecule has 0 fully saturated rings. The number of aromatic nitrogens is 3. The highest BCUT2D eigenvalue weighted by atomic mass is 16.4. The Bertz CT molecular complexity index is 827. The van der Waals surface area contributed by atoms with Gasteiger partial charge >= 0.3 is 5.76 Å². The minimum Gasteiger partial charge on any atom is -0.408 e. The van der Waals surface area contributed by atoms with Crippen LogP contribution in [0.2, 0.25) is 0 Å². The summed E-state index contributed by atoms with van der Waals surface area (Å²) >= 11 is 0. The topological polar surface area (TPSA) is 82.1 Å². The van der Waals surface area contributed by atoms with Crippen molar-refractivity contribution >= 4 is 23.0 Å². The van der Waals surface area contributed by atoms with E-state index in [2.05, 4.69) is 10.3 Å². The highest BCUT2D eigenvalue weighted by Gasteiger charge is 2.13. The summed E-state index contributed by atoms with van der Waals surface area (Å²) in [5, 5.41) is 2.63. The summed E-state index contributed by atoms with van der Waals surface area (Å²) in [6.45, 7) is -0.122. The van der Waals surface area contributed by atoms with Gasteiger partial charge in [-0.25, -0.2) is 9.78 Å². The number of carbonyl (C=O) groups is 1. The predicted octanol–water partition coefficient (Wildman–Crippen LogP) is 0.967. The van der Waals surface area contributed by atoms with Crippen molar-refractivity contribution in [2.45, 2.75) is 6.54 Å². The number of nitrogens with one attached hydrogen (secondary N) is 1. The molecule has 0 saturated carbocycles. The molecule has 20 heavy (non-hydrogen) atoms. The second-order valence-electron chi connectivity index (χ2n) is 4.33. The zero-order chi connectivity index (χ0) is 14.1. The van der Waals surface area contributed by atoms with Gasteiger partial charge in [0.05, 0.1) is 5.52 Å². The van der Waals surface area contributed by atoms with Gasteiger partial charge in [0.2, 0.25) is 11.9 Å². The average molecular weight is 272 g/mol. The molecule has 102 valence electrons. The zero-order valence-corrected chi connectivity index (χ0v) is 10.7. The second-order valence-corrected chi connectivity index (χ2v) is 4.33. The molecule has 0 aliphatic carbocycles. The average Bonchev–Trinajstić information content (AvgIpc) is 2.95. The molecule has 0 unspecified atom stereocenters. The molecule has 0 radical (unpaired) electrons. The molecular weight excluding hydrogens is 260 g/mol. The molecule has 2 heterocycles. The molecule has 0 atom stereocenters. The van der Waals surface area contributed by atoms with Crippen molar-refractivity contribution in [3.63, 3.8) is 0 Å². The summed E-state index contributed by atoms with van der Waals surface area (Å²) in [5.41, 5.74) is 1.05. The molecule has 3 rings (SSSR count). The number of hydrogen-bond acceptors (Lipinski definition) is 4. The third-order valence-electron chi connectivity index (χ3n) is 2.95. The third-order valence-corrected chi connectivity index (χ3v) is 2.95. The van der Waals surface area contributed by atoms with Crippen LogP contribution >= 0.6 is 0 Å². The lowest BCUT2D eigenvalue weighted by Gasteiger charge is -2.05. The molecule has 1 N–H and O–H groups in total. The highest BCUT2D eigenvalue weighted by Crippen LogP contribution is 2.11. The quantitative estimate of drug-likeness (QED) is 0.770. The van der Waals surface area contributed by atoms with Crippen molar-refractivity contribution in [3.05, 3.63) is 47.2 Å². The van der Waals surface area contributed by atoms with Crippen molar-refractivity contribution in [3.8, 4) is 0 Å². The zero-order valence-electron chi connectivity index (χ0n) is 10.7. The number of rotatable bonds is 3. The van der Waals surface area contributed by atoms with E-state index < -0.39 is 5.76 Å². The van der Waals surface area contributed by atoms with Crippen LogP contribution in [-0.4, -0.2) is 20.0 Å². The van der Waals surface area contributed by atoms with E-state index in [1.54, 1.807) is 48.3 Å². The molecular formula is C13H12N4O3. The standard InChI is InChI=1S/C13H12N4O3/c1-16-7-6-14-12(16)15-11(18)8-17-9-4-2-3-5-10(9)20-13(17)19/h2-7H,8H2,1H3,(H,14,15,18). The number of anilines is 1. The van der Waals surface area contributed by atoms with Crippen molar-refractivity contribution in [2.24, 2.45) is 7.05 Å². The second kappa shape index (κ2) is 4.69. The fourth-order valence-corrected chi connectivity index (χ4v) is 1.96. The number of oxazole rings is 1. The fourth-order valence-electron chi connectivity index (χ4n) is 1.96. The minimum atomic E-state index is -0.554. The van der Waals surface area contributed by atoms with Crippen LogP contribution in [-0.2, 0) is 18.4 Å². The number of carbonyl (C=O) groups excluding carboxylic acids is 1. The lowest BCUT2D eigenvalue weighted by molar-refractivity contribution is -0.116. The fraction of sp³-hybridized carbons (Fsp3) is 0.154. The Labute approximate surface area is 113 Å². The first-order valence-electron chi connectivity index (χ1n) is 6.00. The molecule has 0 spiro atoms. The first-order valence-corrected chi connectivity index (χ1v) is 6.00. The van der Waals surface area contributed by atoms with E-state index in [0.29, 0.717) is 17.0 Å². The van der Waals surface area contributed by atoms with E-state index in [1.807, 2.05) is 0 Å². The van der Waals surface area contributed by atoms with Gasteiger partial charge < -0.3 is 8.98 Å². The van der Waals surface area contributed by atoms with Gasteiger partial charge in [-0.1, -0.05) is 12.1 Å². The largest absolute Gasteiger partial charge is 0.420 e. The maximum Gasteiger partial charge on any atom is 0.420 e. The maximum absolute atomic E-state index is 12.0. The van der Waals surface area contributed by atoms with Gasteiger partial charge in [-0.15, -0.1) is 0 Å². The molecule has 0 saturated heterocycles. The summed E-state index contributed by atoms with van der Waals surface area (Å²) in [6, 6.07) is 6.96. The summed E-state index contributed by atoms with van der Waals surface area (Å²) in [4.78, 5) is 27.7. The molecule has 0 bridgehead atoms. The van der Waals surface area contributed by atoms with Gasteiger partial charge in [0.1, 0.15) is 6.54 Å². The molecule has 7 heteroatoms. The smallest absolute Gasteiger partial charge is 0.408 e. The van der Waals surface area contributed by atoms with Crippen molar-refractivity contribution < 1.29 is 9.21 Å². The lowest BCUT2D eigenvalue weighted by atomic mass is 10.3. The Balaban J connectivity index is 1.86. The number of amides is 1. The summed E-state index contributed by atoms with van der Waals surface area (Å²) in [6.07, 6.45) is 3.30. The molecule has 0 aliphatic rings. The van der Waals surface area contributed by atoms with Crippen LogP contribution in [0.1, 0.15) is 0 Å². The van der Waals surface area contributed by atoms with E-state index in [-0.39, 0.29) is 12.5 Å². The van der Waals surface area contributed by atoms with Gasteiger partial charge in [-0.3, -0.25) is 14.7 Å². The van der Waals surface area contributed by atoms with E-state index in [9.17, 15) is 9.59 Å². The number of fused-ring (bicyclic) bond motifs is 1. The van der Waals surface area contributed by atoms with E-state index >= 15 is 0 Å². The van der Waals surface area contributed by atoms with Crippen LogP contribution in [0.5, 0.6) is 0 Å². The number of aryl methyl sites for hydroxylation is 1. The van der Waals surface area contributed by atoms with E-state index in [0.717, 1.165) is 0 Å². The Morgan fingerprint density at radius 2 is 2.20 bits per heavy atom. The van der Waals surface area contributed by atoms with Gasteiger partial charge in [-0.2, -0.15) is 0 Å². The van der Waals surface area contributed by atoms with Crippen LogP contribution in [0.3, 0.4) is 0 Å². The number of imidazole rings is 1. The molecule has 3 aromatic rings. The van der Waals surface area contributed by atoms with E-state index in [4.69, 9.17) is 4.42 Å². The number of hydrogen-bond donors (Lipinski definition) is 1. The van der Waals surface area contributed by atoms with E-state index in [1.165, 1.54) is 4.57 Å². The summed E-state index contributed by atoms with van der Waals surface area (Å²) in [5.74, 6) is -0.468. The predicted molar refractivity (Wildman–Crippen MR) is 72.3 cm³/mol. The molecule has 1 aromatic carbocycles. The Kier molecular flexibility index (Phi) is 2.86. The van der Waals surface area contributed by atoms with Crippen molar-refractivity contribution in [1.82, 2.24) is 14.1 Å². The Morgan fingerprint density at radius 1 is 1.40 bits per heavy atom. The number of benzene rings is 1. The molecule has 2 aromatic heterocycles. The first-order chi connectivity index (χ1) is 9.65. The van der Waals surface area contributed by atoms with Crippen molar-refractivity contribution in [1.29, 1.82) is 0 Å². The SMILES string of the molecule is Cn1ccnc1NC(=O)Cn1c(=O)oc2ccccc21. The lowest BCUT2D eigenvalue weighted by Crippen LogP contribution is -2.25. The Hall–Kier alpha value is -2.83. The van der Waals surface area contributed by atoms with Gasteiger partial charge in [0.25, 0.3) is 0 Å². The van der Waals surface area contributed by atoms with Gasteiger partial charge in [0.15, 0.2) is 5.58 Å². The monoisotopic (exact) mass is 272 g/mol. The van der Waals surface area contributed by atoms with Crippen LogP contribution in [0.25, 0.3) is 11.1 Å². The summed E-state index contributed by atoms with van der Waals surface area (Å²) < 4.78 is 8.03. The Morgan fingerprint density at radius 3 is 2.95 bits per heavy atom. The minimum absolute atomic E-state index is 0.122. The third kappa shape index (κ3) is 2.09. The molecule has 7 nitrogen and oxygen atoms in total. The van der Waals surface area contributed by atoms with Crippen LogP contribution in [0.4, 0.5) is 5.95 Å².